The van der Waals surface area contributed by atoms with Crippen molar-refractivity contribution in [3.63, 3.8) is 0 Å². The summed E-state index contributed by atoms with van der Waals surface area (Å²) in [6.07, 6.45) is 1.53. The van der Waals surface area contributed by atoms with Gasteiger partial charge in [-0.3, -0.25) is 4.79 Å². The number of aromatic nitrogens is 2. The van der Waals surface area contributed by atoms with Gasteiger partial charge in [-0.25, -0.2) is 9.97 Å². The van der Waals surface area contributed by atoms with Crippen LogP contribution in [0.1, 0.15) is 27.8 Å². The van der Waals surface area contributed by atoms with E-state index < -0.39 is 6.04 Å². The van der Waals surface area contributed by atoms with Crippen LogP contribution in [-0.4, -0.2) is 27.6 Å². The number of aryl methyl sites for hydroxylation is 1. The van der Waals surface area contributed by atoms with Crippen molar-refractivity contribution in [3.8, 4) is 11.3 Å². The predicted octanol–water partition coefficient (Wildman–Crippen LogP) is 2.92. The minimum Gasteiger partial charge on any atom is -0.394 e. The summed E-state index contributed by atoms with van der Waals surface area (Å²) < 4.78 is 0. The molecule has 0 bridgehead atoms. The van der Waals surface area contributed by atoms with E-state index in [9.17, 15) is 9.90 Å². The fourth-order valence-corrected chi connectivity index (χ4v) is 2.61. The molecule has 0 spiro atoms. The van der Waals surface area contributed by atoms with Crippen LogP contribution in [0.5, 0.6) is 0 Å². The van der Waals surface area contributed by atoms with Crippen molar-refractivity contribution in [2.45, 2.75) is 13.0 Å². The Bertz CT molecular complexity index is 851. The molecule has 1 heterocycles. The zero-order valence-corrected chi connectivity index (χ0v) is 13.9. The van der Waals surface area contributed by atoms with E-state index in [0.29, 0.717) is 17.1 Å². The van der Waals surface area contributed by atoms with Crippen LogP contribution < -0.4 is 5.32 Å². The van der Waals surface area contributed by atoms with E-state index in [0.717, 1.165) is 11.1 Å². The van der Waals surface area contributed by atoms with Crippen LogP contribution >= 0.6 is 0 Å². The minimum absolute atomic E-state index is 0.191. The number of hydrogen-bond acceptors (Lipinski definition) is 4. The molecule has 0 unspecified atom stereocenters. The predicted molar refractivity (Wildman–Crippen MR) is 95.9 cm³/mol. The summed E-state index contributed by atoms with van der Waals surface area (Å²) in [5, 5.41) is 12.5. The second kappa shape index (κ2) is 7.68. The number of hydrogen-bond donors (Lipinski definition) is 2. The smallest absolute Gasteiger partial charge is 0.255 e. The van der Waals surface area contributed by atoms with Gasteiger partial charge in [-0.15, -0.1) is 0 Å². The highest BCUT2D eigenvalue weighted by Gasteiger charge is 2.19. The van der Waals surface area contributed by atoms with Crippen molar-refractivity contribution in [2.75, 3.05) is 6.61 Å². The van der Waals surface area contributed by atoms with E-state index in [1.165, 1.54) is 6.20 Å². The van der Waals surface area contributed by atoms with Crippen molar-refractivity contribution < 1.29 is 9.90 Å². The number of aliphatic hydroxyl groups excluding tert-OH is 1. The number of rotatable bonds is 5. The Morgan fingerprint density at radius 3 is 2.36 bits per heavy atom. The molecule has 5 heteroatoms. The zero-order valence-electron chi connectivity index (χ0n) is 13.9. The largest absolute Gasteiger partial charge is 0.394 e. The summed E-state index contributed by atoms with van der Waals surface area (Å²) in [6.45, 7) is 1.60. The molecule has 0 aliphatic heterocycles. The van der Waals surface area contributed by atoms with Crippen LogP contribution in [-0.2, 0) is 0 Å². The Labute approximate surface area is 146 Å². The first-order valence-electron chi connectivity index (χ1n) is 8.05. The molecular formula is C20H19N3O2. The summed E-state index contributed by atoms with van der Waals surface area (Å²) >= 11 is 0. The zero-order chi connectivity index (χ0) is 17.6. The second-order valence-corrected chi connectivity index (χ2v) is 5.66. The molecule has 2 aromatic carbocycles. The Balaban J connectivity index is 1.92. The van der Waals surface area contributed by atoms with Crippen LogP contribution in [0.25, 0.3) is 11.3 Å². The molecule has 0 radical (unpaired) electrons. The van der Waals surface area contributed by atoms with E-state index in [1.54, 1.807) is 6.92 Å². The maximum absolute atomic E-state index is 12.8. The molecule has 0 aliphatic carbocycles. The van der Waals surface area contributed by atoms with Gasteiger partial charge in [0.25, 0.3) is 5.91 Å². The number of nitrogens with zero attached hydrogens (tertiary/aromatic N) is 2. The van der Waals surface area contributed by atoms with Crippen LogP contribution in [0.4, 0.5) is 0 Å². The third-order valence-corrected chi connectivity index (χ3v) is 3.89. The highest BCUT2D eigenvalue weighted by Crippen LogP contribution is 2.22. The van der Waals surface area contributed by atoms with E-state index in [2.05, 4.69) is 15.3 Å². The van der Waals surface area contributed by atoms with Gasteiger partial charge < -0.3 is 10.4 Å². The highest BCUT2D eigenvalue weighted by atomic mass is 16.3. The molecule has 0 saturated heterocycles. The summed E-state index contributed by atoms with van der Waals surface area (Å²) in [5.41, 5.74) is 2.65. The van der Waals surface area contributed by atoms with Gasteiger partial charge in [0, 0.05) is 11.8 Å². The number of carbonyl (C=O) groups is 1. The van der Waals surface area contributed by atoms with Crippen molar-refractivity contribution in [1.29, 1.82) is 0 Å². The number of benzene rings is 2. The molecule has 126 valence electrons. The Hall–Kier alpha value is -3.05. The summed E-state index contributed by atoms with van der Waals surface area (Å²) in [6, 6.07) is 18.4. The lowest BCUT2D eigenvalue weighted by atomic mass is 10.0. The average Bonchev–Trinajstić information content (AvgIpc) is 2.67. The maximum atomic E-state index is 12.8. The Morgan fingerprint density at radius 2 is 1.72 bits per heavy atom. The van der Waals surface area contributed by atoms with Gasteiger partial charge in [-0.1, -0.05) is 60.7 Å². The van der Waals surface area contributed by atoms with E-state index in [1.807, 2.05) is 60.7 Å². The summed E-state index contributed by atoms with van der Waals surface area (Å²) in [4.78, 5) is 21.4. The molecule has 3 aromatic rings. The molecular weight excluding hydrogens is 314 g/mol. The van der Waals surface area contributed by atoms with E-state index >= 15 is 0 Å². The third-order valence-electron chi connectivity index (χ3n) is 3.89. The van der Waals surface area contributed by atoms with Gasteiger partial charge >= 0.3 is 0 Å². The maximum Gasteiger partial charge on any atom is 0.255 e. The molecule has 0 aliphatic rings. The number of amides is 1. The molecule has 3 rings (SSSR count). The quantitative estimate of drug-likeness (QED) is 0.753. The summed E-state index contributed by atoms with van der Waals surface area (Å²) in [5.74, 6) is 0.277. The number of aliphatic hydroxyl groups is 1. The Morgan fingerprint density at radius 1 is 1.08 bits per heavy atom. The highest BCUT2D eigenvalue weighted by molar-refractivity contribution is 5.99. The van der Waals surface area contributed by atoms with Crippen molar-refractivity contribution >= 4 is 5.91 Å². The minimum atomic E-state index is -0.487. The number of carbonyl (C=O) groups excluding carboxylic acids is 1. The first-order valence-corrected chi connectivity index (χ1v) is 8.05. The molecule has 1 aromatic heterocycles. The Kier molecular flexibility index (Phi) is 5.16. The van der Waals surface area contributed by atoms with Crippen molar-refractivity contribution in [2.24, 2.45) is 0 Å². The fraction of sp³-hybridized carbons (Fsp3) is 0.150. The lowest BCUT2D eigenvalue weighted by Gasteiger charge is -2.18. The second-order valence-electron chi connectivity index (χ2n) is 5.66. The molecule has 0 saturated carbocycles. The van der Waals surface area contributed by atoms with Gasteiger partial charge in [0.15, 0.2) is 0 Å². The van der Waals surface area contributed by atoms with E-state index in [4.69, 9.17) is 0 Å². The molecule has 1 amide bonds. The van der Waals surface area contributed by atoms with Gasteiger partial charge in [-0.05, 0) is 12.5 Å². The van der Waals surface area contributed by atoms with Crippen molar-refractivity contribution in [1.82, 2.24) is 15.3 Å². The SMILES string of the molecule is Cc1ncc(C(=O)N[C@@H](CO)c2ccccc2)c(-c2ccccc2)n1. The van der Waals surface area contributed by atoms with Crippen molar-refractivity contribution in [3.05, 3.63) is 83.8 Å². The molecule has 2 N–H and O–H groups in total. The summed E-state index contributed by atoms with van der Waals surface area (Å²) in [7, 11) is 0. The molecule has 1 atom stereocenters. The van der Waals surface area contributed by atoms with Gasteiger partial charge in [0.05, 0.1) is 23.9 Å². The monoisotopic (exact) mass is 333 g/mol. The average molecular weight is 333 g/mol. The third kappa shape index (κ3) is 3.89. The van der Waals surface area contributed by atoms with E-state index in [-0.39, 0.29) is 12.5 Å². The normalized spacial score (nSPS) is 11.8. The fourth-order valence-electron chi connectivity index (χ4n) is 2.61. The number of nitrogens with one attached hydrogen (secondary N) is 1. The molecule has 5 nitrogen and oxygen atoms in total. The topological polar surface area (TPSA) is 75.1 Å². The first-order chi connectivity index (χ1) is 12.2. The van der Waals surface area contributed by atoms with Gasteiger partial charge in [0.1, 0.15) is 5.82 Å². The lowest BCUT2D eigenvalue weighted by molar-refractivity contribution is 0.0916. The van der Waals surface area contributed by atoms with Gasteiger partial charge in [0.2, 0.25) is 0 Å². The van der Waals surface area contributed by atoms with Crippen LogP contribution in [0.2, 0.25) is 0 Å². The van der Waals surface area contributed by atoms with Crippen LogP contribution in [0, 0.1) is 6.92 Å². The van der Waals surface area contributed by atoms with Crippen LogP contribution in [0.3, 0.4) is 0 Å². The molecule has 0 fully saturated rings. The van der Waals surface area contributed by atoms with Gasteiger partial charge in [-0.2, -0.15) is 0 Å². The first kappa shape index (κ1) is 16.8. The molecule has 25 heavy (non-hydrogen) atoms. The lowest BCUT2D eigenvalue weighted by Crippen LogP contribution is -2.31. The standard InChI is InChI=1S/C20H19N3O2/c1-14-21-12-17(19(22-14)16-10-6-3-7-11-16)20(25)23-18(13-24)15-8-4-2-5-9-15/h2-12,18,24H,13H2,1H3,(H,23,25)/t18-/m0/s1. The van der Waals surface area contributed by atoms with Crippen LogP contribution in [0.15, 0.2) is 66.9 Å².